The topological polar surface area (TPSA) is 0 Å². The smallest absolute Gasteiger partial charge is 0.207 e. The Morgan fingerprint density at radius 1 is 1.32 bits per heavy atom. The van der Waals surface area contributed by atoms with E-state index in [0.717, 1.165) is 6.07 Å². The van der Waals surface area contributed by atoms with Gasteiger partial charge in [-0.15, -0.1) is 0 Å². The van der Waals surface area contributed by atoms with Crippen LogP contribution in [0.2, 0.25) is 5.02 Å². The van der Waals surface area contributed by atoms with Crippen LogP contribution in [0.3, 0.4) is 0 Å². The summed E-state index contributed by atoms with van der Waals surface area (Å²) in [6.07, 6.45) is 0.638. The molecule has 19 heavy (non-hydrogen) atoms. The summed E-state index contributed by atoms with van der Waals surface area (Å²) in [5.74, 6) is -5.73. The van der Waals surface area contributed by atoms with Gasteiger partial charge in [0.15, 0.2) is 11.6 Å². The molecule has 1 aliphatic rings. The Hall–Kier alpha value is -0.770. The maximum absolute atomic E-state index is 13.6. The van der Waals surface area contributed by atoms with Gasteiger partial charge in [0.05, 0.1) is 5.02 Å². The molecule has 1 aromatic rings. The average molecular weight is 295 g/mol. The highest BCUT2D eigenvalue weighted by Gasteiger charge is 2.44. The number of alkyl halides is 2. The number of hydrogen-bond donors (Lipinski definition) is 0. The van der Waals surface area contributed by atoms with Crippen LogP contribution in [0, 0.1) is 17.6 Å². The molecular weight excluding hydrogens is 280 g/mol. The summed E-state index contributed by atoms with van der Waals surface area (Å²) in [5, 5.41) is -0.273. The molecule has 5 heteroatoms. The average Bonchev–Trinajstić information content (AvgIpc) is 2.37. The van der Waals surface area contributed by atoms with E-state index >= 15 is 0 Å². The monoisotopic (exact) mass is 294 g/mol. The van der Waals surface area contributed by atoms with Gasteiger partial charge in [-0.25, -0.2) is 17.6 Å². The number of halogens is 5. The normalized spacial score (nSPS) is 26.4. The first-order chi connectivity index (χ1) is 8.86. The fourth-order valence-electron chi connectivity index (χ4n) is 2.81. The van der Waals surface area contributed by atoms with Crippen molar-refractivity contribution in [2.75, 3.05) is 0 Å². The molecule has 0 saturated heterocycles. The van der Waals surface area contributed by atoms with E-state index in [1.165, 1.54) is 6.07 Å². The van der Waals surface area contributed by atoms with Gasteiger partial charge >= 0.3 is 0 Å². The molecule has 1 aliphatic carbocycles. The molecule has 0 heterocycles. The van der Waals surface area contributed by atoms with Crippen molar-refractivity contribution in [2.45, 2.75) is 44.4 Å². The van der Waals surface area contributed by atoms with Gasteiger partial charge in [-0.05, 0) is 36.8 Å². The molecule has 0 radical (unpaired) electrons. The van der Waals surface area contributed by atoms with E-state index < -0.39 is 23.5 Å². The van der Waals surface area contributed by atoms with Gasteiger partial charge < -0.3 is 0 Å². The van der Waals surface area contributed by atoms with Crippen LogP contribution < -0.4 is 0 Å². The second-order valence-electron chi connectivity index (χ2n) is 5.10. The Labute approximate surface area is 114 Å². The quantitative estimate of drug-likeness (QED) is 0.496. The highest BCUT2D eigenvalue weighted by molar-refractivity contribution is 6.31. The summed E-state index contributed by atoms with van der Waals surface area (Å²) in [7, 11) is 0. The summed E-state index contributed by atoms with van der Waals surface area (Å²) in [4.78, 5) is 0. The van der Waals surface area contributed by atoms with E-state index in [4.69, 9.17) is 11.6 Å². The zero-order valence-electron chi connectivity index (χ0n) is 10.5. The molecule has 0 aliphatic heterocycles. The minimum absolute atomic E-state index is 0.229. The standard InChI is InChI=1S/C14H15ClF4/c1-2-9-7-8(5-6-14(9,18)19)10-3-4-11(16)13(17)12(10)15/h3-4,8-9H,2,5-7H2,1H3/t8-,9-/m1/s1. The molecule has 2 atom stereocenters. The van der Waals surface area contributed by atoms with Crippen LogP contribution in [-0.2, 0) is 0 Å². The lowest BCUT2D eigenvalue weighted by molar-refractivity contribution is -0.0911. The van der Waals surface area contributed by atoms with E-state index in [1.807, 2.05) is 0 Å². The van der Waals surface area contributed by atoms with E-state index in [2.05, 4.69) is 0 Å². The van der Waals surface area contributed by atoms with Crippen molar-refractivity contribution in [2.24, 2.45) is 5.92 Å². The second kappa shape index (κ2) is 5.31. The zero-order valence-corrected chi connectivity index (χ0v) is 11.3. The molecule has 1 saturated carbocycles. The molecule has 0 N–H and O–H groups in total. The summed E-state index contributed by atoms with van der Waals surface area (Å²) >= 11 is 5.79. The number of benzene rings is 1. The van der Waals surface area contributed by atoms with Crippen LogP contribution in [0.1, 0.15) is 44.1 Å². The van der Waals surface area contributed by atoms with Gasteiger partial charge in [0.25, 0.3) is 5.92 Å². The van der Waals surface area contributed by atoms with E-state index in [-0.39, 0.29) is 30.2 Å². The van der Waals surface area contributed by atoms with E-state index in [9.17, 15) is 17.6 Å². The molecule has 106 valence electrons. The van der Waals surface area contributed by atoms with Crippen LogP contribution in [0.5, 0.6) is 0 Å². The van der Waals surface area contributed by atoms with Gasteiger partial charge in [0, 0.05) is 12.3 Å². The lowest BCUT2D eigenvalue weighted by Crippen LogP contribution is -2.34. The van der Waals surface area contributed by atoms with Crippen molar-refractivity contribution in [1.29, 1.82) is 0 Å². The van der Waals surface area contributed by atoms with E-state index in [0.29, 0.717) is 12.0 Å². The molecule has 2 rings (SSSR count). The van der Waals surface area contributed by atoms with Crippen molar-refractivity contribution in [3.63, 3.8) is 0 Å². The summed E-state index contributed by atoms with van der Waals surface area (Å²) in [6, 6.07) is 2.41. The first-order valence-electron chi connectivity index (χ1n) is 6.38. The first-order valence-corrected chi connectivity index (χ1v) is 6.75. The fourth-order valence-corrected chi connectivity index (χ4v) is 3.12. The predicted octanol–water partition coefficient (Wildman–Crippen LogP) is 5.55. The lowest BCUT2D eigenvalue weighted by Gasteiger charge is -2.36. The maximum atomic E-state index is 13.6. The fraction of sp³-hybridized carbons (Fsp3) is 0.571. The van der Waals surface area contributed by atoms with E-state index in [1.54, 1.807) is 6.92 Å². The minimum atomic E-state index is -2.67. The lowest BCUT2D eigenvalue weighted by atomic mass is 9.75. The Morgan fingerprint density at radius 2 is 2.00 bits per heavy atom. The summed E-state index contributed by atoms with van der Waals surface area (Å²) < 4.78 is 53.7. The third-order valence-corrected chi connectivity index (χ3v) is 4.37. The third-order valence-electron chi connectivity index (χ3n) is 3.99. The van der Waals surface area contributed by atoms with Crippen molar-refractivity contribution in [1.82, 2.24) is 0 Å². The SMILES string of the molecule is CC[C@@H]1C[C@H](c2ccc(F)c(F)c2Cl)CCC1(F)F. The molecule has 1 aromatic carbocycles. The molecule has 0 bridgehead atoms. The van der Waals surface area contributed by atoms with Crippen molar-refractivity contribution >= 4 is 11.6 Å². The Morgan fingerprint density at radius 3 is 2.63 bits per heavy atom. The summed E-state index contributed by atoms with van der Waals surface area (Å²) in [6.45, 7) is 1.72. The molecule has 0 amide bonds. The molecule has 1 fully saturated rings. The predicted molar refractivity (Wildman–Crippen MR) is 66.7 cm³/mol. The molecular formula is C14H15ClF4. The minimum Gasteiger partial charge on any atom is -0.207 e. The number of rotatable bonds is 2. The Bertz CT molecular complexity index is 473. The van der Waals surface area contributed by atoms with Gasteiger partial charge in [0.2, 0.25) is 0 Å². The highest BCUT2D eigenvalue weighted by atomic mass is 35.5. The van der Waals surface area contributed by atoms with Crippen LogP contribution in [0.25, 0.3) is 0 Å². The Kier molecular flexibility index (Phi) is 4.09. The van der Waals surface area contributed by atoms with Crippen LogP contribution in [0.15, 0.2) is 12.1 Å². The highest BCUT2D eigenvalue weighted by Crippen LogP contribution is 2.47. The first kappa shape index (κ1) is 14.6. The van der Waals surface area contributed by atoms with Gasteiger partial charge in [0.1, 0.15) is 0 Å². The van der Waals surface area contributed by atoms with Gasteiger partial charge in [-0.2, -0.15) is 0 Å². The molecule has 0 unspecified atom stereocenters. The maximum Gasteiger partial charge on any atom is 0.250 e. The van der Waals surface area contributed by atoms with Crippen molar-refractivity contribution < 1.29 is 17.6 Å². The van der Waals surface area contributed by atoms with Crippen LogP contribution >= 0.6 is 11.6 Å². The second-order valence-corrected chi connectivity index (χ2v) is 5.48. The molecule has 0 nitrogen and oxygen atoms in total. The zero-order chi connectivity index (χ0) is 14.2. The van der Waals surface area contributed by atoms with Gasteiger partial charge in [-0.3, -0.25) is 0 Å². The summed E-state index contributed by atoms with van der Waals surface area (Å²) in [5.41, 5.74) is 0.439. The molecule has 0 spiro atoms. The van der Waals surface area contributed by atoms with Crippen LogP contribution in [0.4, 0.5) is 17.6 Å². The van der Waals surface area contributed by atoms with Crippen molar-refractivity contribution in [3.8, 4) is 0 Å². The van der Waals surface area contributed by atoms with Crippen LogP contribution in [-0.4, -0.2) is 5.92 Å². The largest absolute Gasteiger partial charge is 0.250 e. The molecule has 0 aromatic heterocycles. The van der Waals surface area contributed by atoms with Gasteiger partial charge in [-0.1, -0.05) is 24.6 Å². The number of hydrogen-bond acceptors (Lipinski definition) is 0. The Balaban J connectivity index is 2.27. The third kappa shape index (κ3) is 2.73. The van der Waals surface area contributed by atoms with Crippen molar-refractivity contribution in [3.05, 3.63) is 34.4 Å².